The van der Waals surface area contributed by atoms with Crippen molar-refractivity contribution < 1.29 is 9.53 Å². The van der Waals surface area contributed by atoms with Gasteiger partial charge in [0.05, 0.1) is 12.9 Å². The second-order valence-corrected chi connectivity index (χ2v) is 7.86. The summed E-state index contributed by atoms with van der Waals surface area (Å²) >= 11 is 1.61. The molecule has 138 valence electrons. The summed E-state index contributed by atoms with van der Waals surface area (Å²) in [5.41, 5.74) is 1.26. The van der Waals surface area contributed by atoms with Gasteiger partial charge in [-0.25, -0.2) is 0 Å². The third-order valence-electron chi connectivity index (χ3n) is 4.95. The van der Waals surface area contributed by atoms with Gasteiger partial charge in [-0.05, 0) is 43.9 Å². The molecule has 26 heavy (non-hydrogen) atoms. The predicted molar refractivity (Wildman–Crippen MR) is 107 cm³/mol. The van der Waals surface area contributed by atoms with Crippen LogP contribution in [-0.2, 0) is 4.79 Å². The lowest BCUT2D eigenvalue weighted by Gasteiger charge is -2.25. The van der Waals surface area contributed by atoms with E-state index >= 15 is 0 Å². The number of hydrogen-bond donors (Lipinski definition) is 0. The zero-order chi connectivity index (χ0) is 18.5. The Hall–Kier alpha value is -1.98. The molecule has 0 spiro atoms. The summed E-state index contributed by atoms with van der Waals surface area (Å²) in [5.74, 6) is 1.88. The standard InChI is InChI=1S/C21H26N2O2S/c1-22(2)20-14-23(21(24)15-26-18-7-5-4-6-8-18)13-19(20)16-9-11-17(25-3)12-10-16/h4-12,19-20H,13-15H2,1-3H3/t19-,20+/m0/s1. The molecule has 1 fully saturated rings. The Bertz CT molecular complexity index is 719. The van der Waals surface area contributed by atoms with Crippen molar-refractivity contribution in [2.45, 2.75) is 16.9 Å². The maximum absolute atomic E-state index is 12.7. The van der Waals surface area contributed by atoms with E-state index in [1.54, 1.807) is 18.9 Å². The summed E-state index contributed by atoms with van der Waals surface area (Å²) < 4.78 is 5.26. The number of likely N-dealkylation sites (N-methyl/N-ethyl adjacent to an activating group) is 1. The summed E-state index contributed by atoms with van der Waals surface area (Å²) in [6, 6.07) is 18.7. The van der Waals surface area contributed by atoms with E-state index in [0.717, 1.165) is 23.7 Å². The van der Waals surface area contributed by atoms with Gasteiger partial charge in [-0.2, -0.15) is 0 Å². The number of nitrogens with zero attached hydrogens (tertiary/aromatic N) is 2. The second-order valence-electron chi connectivity index (χ2n) is 6.81. The van der Waals surface area contributed by atoms with E-state index in [2.05, 4.69) is 31.1 Å². The van der Waals surface area contributed by atoms with Gasteiger partial charge in [0.2, 0.25) is 5.91 Å². The maximum Gasteiger partial charge on any atom is 0.233 e. The topological polar surface area (TPSA) is 32.8 Å². The molecule has 1 amide bonds. The number of rotatable bonds is 6. The van der Waals surface area contributed by atoms with Crippen LogP contribution in [0.3, 0.4) is 0 Å². The third-order valence-corrected chi connectivity index (χ3v) is 5.95. The summed E-state index contributed by atoms with van der Waals surface area (Å²) in [7, 11) is 5.86. The van der Waals surface area contributed by atoms with Gasteiger partial charge in [0, 0.05) is 29.9 Å². The second kappa shape index (κ2) is 8.60. The van der Waals surface area contributed by atoms with Crippen molar-refractivity contribution in [3.05, 3.63) is 60.2 Å². The van der Waals surface area contributed by atoms with Crippen LogP contribution >= 0.6 is 11.8 Å². The first-order valence-corrected chi connectivity index (χ1v) is 9.83. The van der Waals surface area contributed by atoms with Crippen LogP contribution in [0.25, 0.3) is 0 Å². The molecule has 2 atom stereocenters. The summed E-state index contributed by atoms with van der Waals surface area (Å²) in [5, 5.41) is 0. The molecule has 0 N–H and O–H groups in total. The molecule has 2 aromatic rings. The highest BCUT2D eigenvalue weighted by molar-refractivity contribution is 8.00. The molecular weight excluding hydrogens is 344 g/mol. The van der Waals surface area contributed by atoms with E-state index in [1.165, 1.54) is 5.56 Å². The number of likely N-dealkylation sites (tertiary alicyclic amines) is 1. The van der Waals surface area contributed by atoms with E-state index in [0.29, 0.717) is 17.7 Å². The van der Waals surface area contributed by atoms with Crippen LogP contribution in [0.5, 0.6) is 5.75 Å². The number of thioether (sulfide) groups is 1. The lowest BCUT2D eigenvalue weighted by molar-refractivity contribution is -0.127. The van der Waals surface area contributed by atoms with Gasteiger partial charge < -0.3 is 14.5 Å². The Morgan fingerprint density at radius 2 is 1.81 bits per heavy atom. The van der Waals surface area contributed by atoms with E-state index in [9.17, 15) is 4.79 Å². The molecule has 1 aliphatic rings. The van der Waals surface area contributed by atoms with Gasteiger partial charge >= 0.3 is 0 Å². The lowest BCUT2D eigenvalue weighted by atomic mass is 9.93. The van der Waals surface area contributed by atoms with Gasteiger partial charge in [-0.1, -0.05) is 30.3 Å². The van der Waals surface area contributed by atoms with Gasteiger partial charge in [0.25, 0.3) is 0 Å². The molecule has 3 rings (SSSR count). The molecule has 1 heterocycles. The zero-order valence-corrected chi connectivity index (χ0v) is 16.4. The highest BCUT2D eigenvalue weighted by Crippen LogP contribution is 2.32. The van der Waals surface area contributed by atoms with Crippen LogP contribution in [0.4, 0.5) is 0 Å². The molecule has 0 bridgehead atoms. The number of methoxy groups -OCH3 is 1. The monoisotopic (exact) mass is 370 g/mol. The molecule has 2 aromatic carbocycles. The van der Waals surface area contributed by atoms with Crippen LogP contribution in [0.2, 0.25) is 0 Å². The molecule has 0 aliphatic carbocycles. The number of ether oxygens (including phenoxy) is 1. The number of amides is 1. The Balaban J connectivity index is 1.66. The van der Waals surface area contributed by atoms with E-state index in [4.69, 9.17) is 4.74 Å². The quantitative estimate of drug-likeness (QED) is 0.730. The first-order chi connectivity index (χ1) is 12.6. The van der Waals surface area contributed by atoms with Crippen molar-refractivity contribution in [2.24, 2.45) is 0 Å². The predicted octanol–water partition coefficient (Wildman–Crippen LogP) is 3.34. The Morgan fingerprint density at radius 3 is 2.42 bits per heavy atom. The minimum Gasteiger partial charge on any atom is -0.497 e. The minimum absolute atomic E-state index is 0.210. The molecule has 1 aliphatic heterocycles. The lowest BCUT2D eigenvalue weighted by Crippen LogP contribution is -2.36. The molecule has 0 unspecified atom stereocenters. The fourth-order valence-corrected chi connectivity index (χ4v) is 4.27. The van der Waals surface area contributed by atoms with E-state index in [1.807, 2.05) is 47.4 Å². The molecule has 5 heteroatoms. The number of hydrogen-bond acceptors (Lipinski definition) is 4. The highest BCUT2D eigenvalue weighted by atomic mass is 32.2. The molecule has 0 radical (unpaired) electrons. The number of carbonyl (C=O) groups is 1. The maximum atomic E-state index is 12.7. The van der Waals surface area contributed by atoms with Crippen LogP contribution < -0.4 is 4.74 Å². The fraction of sp³-hybridized carbons (Fsp3) is 0.381. The van der Waals surface area contributed by atoms with Gasteiger partial charge in [-0.3, -0.25) is 4.79 Å². The fourth-order valence-electron chi connectivity index (χ4n) is 3.45. The van der Waals surface area contributed by atoms with Crippen molar-refractivity contribution >= 4 is 17.7 Å². The zero-order valence-electron chi connectivity index (χ0n) is 15.6. The molecule has 0 saturated carbocycles. The van der Waals surface area contributed by atoms with Gasteiger partial charge in [0.15, 0.2) is 0 Å². The average Bonchev–Trinajstić information content (AvgIpc) is 3.13. The summed E-state index contributed by atoms with van der Waals surface area (Å²) in [6.45, 7) is 1.54. The first kappa shape index (κ1) is 18.8. The largest absolute Gasteiger partial charge is 0.497 e. The smallest absolute Gasteiger partial charge is 0.233 e. The van der Waals surface area contributed by atoms with Crippen molar-refractivity contribution in [3.8, 4) is 5.75 Å². The minimum atomic E-state index is 0.210. The highest BCUT2D eigenvalue weighted by Gasteiger charge is 2.37. The van der Waals surface area contributed by atoms with E-state index < -0.39 is 0 Å². The SMILES string of the molecule is COc1ccc([C@@H]2CN(C(=O)CSc3ccccc3)C[C@H]2N(C)C)cc1. The van der Waals surface area contributed by atoms with Crippen molar-refractivity contribution in [1.29, 1.82) is 0 Å². The summed E-state index contributed by atoms with van der Waals surface area (Å²) in [4.78, 5) is 18.1. The molecular formula is C21H26N2O2S. The van der Waals surface area contributed by atoms with Crippen LogP contribution in [0.1, 0.15) is 11.5 Å². The number of carbonyl (C=O) groups excluding carboxylic acids is 1. The van der Waals surface area contributed by atoms with E-state index in [-0.39, 0.29) is 5.91 Å². The normalized spacial score (nSPS) is 19.8. The van der Waals surface area contributed by atoms with Crippen molar-refractivity contribution in [3.63, 3.8) is 0 Å². The average molecular weight is 371 g/mol. The van der Waals surface area contributed by atoms with Crippen LogP contribution in [0.15, 0.2) is 59.5 Å². The van der Waals surface area contributed by atoms with Crippen LogP contribution in [-0.4, -0.2) is 61.8 Å². The first-order valence-electron chi connectivity index (χ1n) is 8.84. The van der Waals surface area contributed by atoms with Crippen molar-refractivity contribution in [1.82, 2.24) is 9.80 Å². The van der Waals surface area contributed by atoms with Gasteiger partial charge in [-0.15, -0.1) is 11.8 Å². The number of benzene rings is 2. The molecule has 1 saturated heterocycles. The Kier molecular flexibility index (Phi) is 6.22. The molecule has 0 aromatic heterocycles. The summed E-state index contributed by atoms with van der Waals surface area (Å²) in [6.07, 6.45) is 0. The molecule has 4 nitrogen and oxygen atoms in total. The van der Waals surface area contributed by atoms with Crippen molar-refractivity contribution in [2.75, 3.05) is 40.0 Å². The Labute approximate surface area is 160 Å². The van der Waals surface area contributed by atoms with Gasteiger partial charge in [0.1, 0.15) is 5.75 Å². The third kappa shape index (κ3) is 4.40. The Morgan fingerprint density at radius 1 is 1.12 bits per heavy atom. The van der Waals surface area contributed by atoms with Crippen LogP contribution in [0, 0.1) is 0 Å².